The van der Waals surface area contributed by atoms with Crippen LogP contribution >= 0.6 is 0 Å². The number of phenols is 1. The van der Waals surface area contributed by atoms with Gasteiger partial charge in [0, 0.05) is 12.1 Å². The van der Waals surface area contributed by atoms with Crippen molar-refractivity contribution >= 4 is 5.91 Å². The van der Waals surface area contributed by atoms with Gasteiger partial charge in [-0.1, -0.05) is 32.8 Å². The van der Waals surface area contributed by atoms with E-state index in [0.717, 1.165) is 6.54 Å². The fourth-order valence-electron chi connectivity index (χ4n) is 3.46. The summed E-state index contributed by atoms with van der Waals surface area (Å²) in [5, 5.41) is 12.5. The van der Waals surface area contributed by atoms with Gasteiger partial charge in [-0.15, -0.1) is 0 Å². The molecule has 1 aromatic carbocycles. The topological polar surface area (TPSA) is 49.3 Å². The second-order valence-electron chi connectivity index (χ2n) is 6.54. The highest BCUT2D eigenvalue weighted by Crippen LogP contribution is 2.42. The molecular weight excluding hydrogens is 250 g/mol. The van der Waals surface area contributed by atoms with E-state index in [4.69, 9.17) is 0 Å². The zero-order valence-corrected chi connectivity index (χ0v) is 12.5. The molecule has 1 aliphatic carbocycles. The molecule has 1 saturated carbocycles. The van der Waals surface area contributed by atoms with Crippen molar-refractivity contribution in [3.63, 3.8) is 0 Å². The lowest BCUT2D eigenvalue weighted by Gasteiger charge is -2.31. The molecule has 0 bridgehead atoms. The standard InChI is InChI=1S/C17H25NO2/c1-13(2)11-17(8-3-4-9-17)12-18-16(20)14-6-5-7-15(19)10-14/h5-7,10,13,19H,3-4,8-9,11-12H2,1-2H3,(H,18,20). The van der Waals surface area contributed by atoms with Crippen molar-refractivity contribution in [3.05, 3.63) is 29.8 Å². The second-order valence-corrected chi connectivity index (χ2v) is 6.54. The van der Waals surface area contributed by atoms with Gasteiger partial charge < -0.3 is 10.4 Å². The van der Waals surface area contributed by atoms with Gasteiger partial charge in [0.2, 0.25) is 0 Å². The summed E-state index contributed by atoms with van der Waals surface area (Å²) in [6, 6.07) is 6.52. The molecule has 0 radical (unpaired) electrons. The minimum Gasteiger partial charge on any atom is -0.508 e. The zero-order valence-electron chi connectivity index (χ0n) is 12.5. The fraction of sp³-hybridized carbons (Fsp3) is 0.588. The second kappa shape index (κ2) is 6.29. The highest BCUT2D eigenvalue weighted by Gasteiger charge is 2.34. The predicted molar refractivity (Wildman–Crippen MR) is 80.8 cm³/mol. The number of hydrogen-bond acceptors (Lipinski definition) is 2. The Kier molecular flexibility index (Phi) is 4.69. The maximum atomic E-state index is 12.2. The maximum absolute atomic E-state index is 12.2. The van der Waals surface area contributed by atoms with Crippen LogP contribution in [0.4, 0.5) is 0 Å². The molecule has 0 heterocycles. The predicted octanol–water partition coefficient (Wildman–Crippen LogP) is 3.73. The summed E-state index contributed by atoms with van der Waals surface area (Å²) in [5.41, 5.74) is 0.809. The monoisotopic (exact) mass is 275 g/mol. The fourth-order valence-corrected chi connectivity index (χ4v) is 3.46. The van der Waals surface area contributed by atoms with Gasteiger partial charge in [-0.2, -0.15) is 0 Å². The quantitative estimate of drug-likeness (QED) is 0.860. The zero-order chi connectivity index (χ0) is 14.6. The van der Waals surface area contributed by atoms with Crippen LogP contribution in [0.3, 0.4) is 0 Å². The number of carbonyl (C=O) groups is 1. The van der Waals surface area contributed by atoms with Crippen molar-refractivity contribution < 1.29 is 9.90 Å². The number of rotatable bonds is 5. The molecule has 0 spiro atoms. The summed E-state index contributed by atoms with van der Waals surface area (Å²) in [5.74, 6) is 0.706. The van der Waals surface area contributed by atoms with E-state index in [0.29, 0.717) is 11.5 Å². The molecule has 0 atom stereocenters. The van der Waals surface area contributed by atoms with Crippen molar-refractivity contribution in [3.8, 4) is 5.75 Å². The van der Waals surface area contributed by atoms with E-state index in [1.54, 1.807) is 18.2 Å². The Bertz CT molecular complexity index is 462. The Morgan fingerprint density at radius 2 is 2.05 bits per heavy atom. The lowest BCUT2D eigenvalue weighted by Crippen LogP contribution is -2.36. The van der Waals surface area contributed by atoms with Gasteiger partial charge >= 0.3 is 0 Å². The molecular formula is C17H25NO2. The highest BCUT2D eigenvalue weighted by molar-refractivity contribution is 5.94. The minimum atomic E-state index is -0.0871. The third-order valence-electron chi connectivity index (χ3n) is 4.24. The van der Waals surface area contributed by atoms with Crippen LogP contribution in [0.5, 0.6) is 5.75 Å². The van der Waals surface area contributed by atoms with Gasteiger partial charge in [-0.3, -0.25) is 4.79 Å². The van der Waals surface area contributed by atoms with Crippen LogP contribution in [0.1, 0.15) is 56.3 Å². The van der Waals surface area contributed by atoms with Gasteiger partial charge in [0.1, 0.15) is 5.75 Å². The van der Waals surface area contributed by atoms with Gasteiger partial charge in [0.25, 0.3) is 5.91 Å². The van der Waals surface area contributed by atoms with E-state index in [-0.39, 0.29) is 17.1 Å². The van der Waals surface area contributed by atoms with Gasteiger partial charge in [-0.25, -0.2) is 0 Å². The summed E-state index contributed by atoms with van der Waals surface area (Å²) < 4.78 is 0. The van der Waals surface area contributed by atoms with Crippen LogP contribution in [0.15, 0.2) is 24.3 Å². The average molecular weight is 275 g/mol. The number of aromatic hydroxyl groups is 1. The van der Waals surface area contributed by atoms with Crippen molar-refractivity contribution in [2.45, 2.75) is 46.0 Å². The number of phenolic OH excluding ortho intramolecular Hbond substituents is 1. The molecule has 110 valence electrons. The molecule has 3 heteroatoms. The van der Waals surface area contributed by atoms with Gasteiger partial charge in [0.15, 0.2) is 0 Å². The van der Waals surface area contributed by atoms with Crippen LogP contribution in [-0.4, -0.2) is 17.6 Å². The molecule has 1 aliphatic rings. The first-order valence-corrected chi connectivity index (χ1v) is 7.58. The Balaban J connectivity index is 1.97. The van der Waals surface area contributed by atoms with Crippen LogP contribution in [0, 0.1) is 11.3 Å². The summed E-state index contributed by atoms with van der Waals surface area (Å²) >= 11 is 0. The largest absolute Gasteiger partial charge is 0.508 e. The van der Waals surface area contributed by atoms with Crippen molar-refractivity contribution in [1.29, 1.82) is 0 Å². The first kappa shape index (κ1) is 14.9. The number of nitrogens with one attached hydrogen (secondary N) is 1. The Labute approximate surface area is 121 Å². The molecule has 0 saturated heterocycles. The third-order valence-corrected chi connectivity index (χ3v) is 4.24. The van der Waals surface area contributed by atoms with Crippen molar-refractivity contribution in [2.24, 2.45) is 11.3 Å². The lowest BCUT2D eigenvalue weighted by atomic mass is 9.78. The van der Waals surface area contributed by atoms with E-state index in [2.05, 4.69) is 19.2 Å². The molecule has 0 aliphatic heterocycles. The SMILES string of the molecule is CC(C)CC1(CNC(=O)c2cccc(O)c2)CCCC1. The van der Waals surface area contributed by atoms with Crippen LogP contribution in [-0.2, 0) is 0 Å². The van der Waals surface area contributed by atoms with Crippen molar-refractivity contribution in [1.82, 2.24) is 5.32 Å². The minimum absolute atomic E-state index is 0.0871. The molecule has 1 fully saturated rings. The summed E-state index contributed by atoms with van der Waals surface area (Å²) in [6.45, 7) is 5.24. The Morgan fingerprint density at radius 3 is 2.65 bits per heavy atom. The number of benzene rings is 1. The number of carbonyl (C=O) groups excluding carboxylic acids is 1. The Morgan fingerprint density at radius 1 is 1.35 bits per heavy atom. The van der Waals surface area contributed by atoms with Gasteiger partial charge in [0.05, 0.1) is 0 Å². The van der Waals surface area contributed by atoms with Gasteiger partial charge in [-0.05, 0) is 48.8 Å². The smallest absolute Gasteiger partial charge is 0.251 e. The molecule has 3 nitrogen and oxygen atoms in total. The van der Waals surface area contributed by atoms with E-state index < -0.39 is 0 Å². The lowest BCUT2D eigenvalue weighted by molar-refractivity contribution is 0.0921. The summed E-state index contributed by atoms with van der Waals surface area (Å²) in [7, 11) is 0. The average Bonchev–Trinajstić information content (AvgIpc) is 2.84. The normalized spacial score (nSPS) is 17.4. The van der Waals surface area contributed by atoms with E-state index in [9.17, 15) is 9.90 Å². The van der Waals surface area contributed by atoms with Crippen LogP contribution in [0.2, 0.25) is 0 Å². The van der Waals surface area contributed by atoms with E-state index in [1.807, 2.05) is 0 Å². The number of hydrogen-bond donors (Lipinski definition) is 2. The molecule has 1 amide bonds. The van der Waals surface area contributed by atoms with Crippen LogP contribution < -0.4 is 5.32 Å². The number of amides is 1. The summed E-state index contributed by atoms with van der Waals surface area (Å²) in [6.07, 6.45) is 6.15. The van der Waals surface area contributed by atoms with Crippen molar-refractivity contribution in [2.75, 3.05) is 6.54 Å². The maximum Gasteiger partial charge on any atom is 0.251 e. The Hall–Kier alpha value is -1.51. The first-order valence-electron chi connectivity index (χ1n) is 7.58. The summed E-state index contributed by atoms with van der Waals surface area (Å²) in [4.78, 5) is 12.2. The molecule has 0 unspecified atom stereocenters. The molecule has 2 N–H and O–H groups in total. The third kappa shape index (κ3) is 3.75. The highest BCUT2D eigenvalue weighted by atomic mass is 16.3. The molecule has 20 heavy (non-hydrogen) atoms. The molecule has 1 aromatic rings. The molecule has 2 rings (SSSR count). The molecule has 0 aromatic heterocycles. The first-order chi connectivity index (χ1) is 9.51. The van der Waals surface area contributed by atoms with E-state index >= 15 is 0 Å². The van der Waals surface area contributed by atoms with Crippen LogP contribution in [0.25, 0.3) is 0 Å². The van der Waals surface area contributed by atoms with E-state index in [1.165, 1.54) is 38.2 Å².